The van der Waals surface area contributed by atoms with Gasteiger partial charge in [0.25, 0.3) is 5.91 Å². The van der Waals surface area contributed by atoms with Crippen LogP contribution in [0.5, 0.6) is 0 Å². The molecule has 0 aliphatic carbocycles. The fourth-order valence-electron chi connectivity index (χ4n) is 3.16. The summed E-state index contributed by atoms with van der Waals surface area (Å²) >= 11 is 0.932. The molecule has 1 atom stereocenters. The molecule has 0 saturated carbocycles. The Kier molecular flexibility index (Phi) is 5.55. The molecule has 158 valence electrons. The average molecular weight is 440 g/mol. The lowest BCUT2D eigenvalue weighted by molar-refractivity contribution is 0.0946. The van der Waals surface area contributed by atoms with Gasteiger partial charge in [0.1, 0.15) is 11.6 Å². The number of nitrogens with zero attached hydrogens (tertiary/aromatic N) is 5. The van der Waals surface area contributed by atoms with E-state index in [2.05, 4.69) is 25.6 Å². The molecule has 4 aromatic rings. The molecule has 3 aromatic heterocycles. The zero-order valence-electron chi connectivity index (χ0n) is 16.7. The minimum absolute atomic E-state index is 0.0771. The number of hydrogen-bond acceptors (Lipinski definition) is 6. The van der Waals surface area contributed by atoms with Crippen molar-refractivity contribution in [3.63, 3.8) is 0 Å². The van der Waals surface area contributed by atoms with E-state index in [1.807, 2.05) is 38.4 Å². The van der Waals surface area contributed by atoms with Crippen LogP contribution in [0.25, 0.3) is 10.6 Å². The quantitative estimate of drug-likeness (QED) is 0.497. The molecule has 4 rings (SSSR count). The third kappa shape index (κ3) is 4.19. The largest absolute Gasteiger partial charge is 0.349 e. The van der Waals surface area contributed by atoms with E-state index in [4.69, 9.17) is 0 Å². The van der Waals surface area contributed by atoms with Gasteiger partial charge in [-0.25, -0.2) is 8.78 Å². The van der Waals surface area contributed by atoms with E-state index >= 15 is 0 Å². The molecular formula is C21H18F2N6OS. The number of rotatable bonds is 6. The molecule has 0 aliphatic heterocycles. The molecule has 0 aliphatic rings. The minimum atomic E-state index is -0.762. The Balaban J connectivity index is 1.56. The zero-order chi connectivity index (χ0) is 22.0. The van der Waals surface area contributed by atoms with Gasteiger partial charge in [0, 0.05) is 43.2 Å². The molecule has 7 nitrogen and oxygen atoms in total. The molecule has 1 N–H and O–H groups in total. The summed E-state index contributed by atoms with van der Waals surface area (Å²) in [4.78, 5) is 17.2. The molecule has 1 amide bonds. The first-order chi connectivity index (χ1) is 14.9. The van der Waals surface area contributed by atoms with Crippen molar-refractivity contribution in [2.75, 3.05) is 6.54 Å². The Labute approximate surface area is 180 Å². The van der Waals surface area contributed by atoms with Gasteiger partial charge in [-0.2, -0.15) is 5.10 Å². The van der Waals surface area contributed by atoms with Gasteiger partial charge in [-0.15, -0.1) is 10.2 Å². The van der Waals surface area contributed by atoms with Crippen LogP contribution in [0.1, 0.15) is 28.0 Å². The number of pyridine rings is 1. The second kappa shape index (κ2) is 8.31. The molecule has 1 aromatic carbocycles. The fourth-order valence-corrected chi connectivity index (χ4v) is 3.94. The summed E-state index contributed by atoms with van der Waals surface area (Å²) < 4.78 is 28.8. The van der Waals surface area contributed by atoms with E-state index in [1.54, 1.807) is 17.1 Å². The highest BCUT2D eigenvalue weighted by Gasteiger charge is 2.32. The summed E-state index contributed by atoms with van der Waals surface area (Å²) in [5, 5.41) is 15.1. The number of benzene rings is 1. The van der Waals surface area contributed by atoms with Gasteiger partial charge in [-0.05, 0) is 31.2 Å². The standard InChI is InChI=1S/C21H18F2N6OS/c1-21(13-10-26-29(2)11-13,17-5-3-4-8-24-17)12-25-18(30)20-28-27-19(31-20)15-7-6-14(22)9-16(15)23/h3-11H,12H2,1-2H3,(H,25,30). The highest BCUT2D eigenvalue weighted by Crippen LogP contribution is 2.30. The van der Waals surface area contributed by atoms with E-state index in [9.17, 15) is 13.6 Å². The number of amides is 1. The number of carbonyl (C=O) groups excluding carboxylic acids is 1. The zero-order valence-corrected chi connectivity index (χ0v) is 17.5. The van der Waals surface area contributed by atoms with Gasteiger partial charge in [0.15, 0.2) is 5.01 Å². The van der Waals surface area contributed by atoms with Gasteiger partial charge in [-0.1, -0.05) is 17.4 Å². The molecule has 3 heterocycles. The van der Waals surface area contributed by atoms with Crippen molar-refractivity contribution in [2.45, 2.75) is 12.3 Å². The van der Waals surface area contributed by atoms with Crippen molar-refractivity contribution in [3.8, 4) is 10.6 Å². The second-order valence-corrected chi connectivity index (χ2v) is 8.15. The van der Waals surface area contributed by atoms with Crippen LogP contribution in [0.4, 0.5) is 8.78 Å². The van der Waals surface area contributed by atoms with E-state index in [0.29, 0.717) is 0 Å². The maximum Gasteiger partial charge on any atom is 0.282 e. The van der Waals surface area contributed by atoms with Gasteiger partial charge < -0.3 is 5.32 Å². The van der Waals surface area contributed by atoms with Crippen LogP contribution < -0.4 is 5.32 Å². The molecular weight excluding hydrogens is 422 g/mol. The van der Waals surface area contributed by atoms with Crippen LogP contribution in [0.3, 0.4) is 0 Å². The number of hydrogen-bond donors (Lipinski definition) is 1. The molecule has 0 bridgehead atoms. The van der Waals surface area contributed by atoms with Crippen molar-refractivity contribution in [1.82, 2.24) is 30.3 Å². The molecule has 10 heteroatoms. The number of aryl methyl sites for hydroxylation is 1. The Hall–Kier alpha value is -3.53. The topological polar surface area (TPSA) is 85.6 Å². The van der Waals surface area contributed by atoms with Crippen LogP contribution >= 0.6 is 11.3 Å². The summed E-state index contributed by atoms with van der Waals surface area (Å²) in [7, 11) is 1.82. The van der Waals surface area contributed by atoms with Crippen LogP contribution in [0.2, 0.25) is 0 Å². The average Bonchev–Trinajstić information content (AvgIpc) is 3.42. The van der Waals surface area contributed by atoms with E-state index in [-0.39, 0.29) is 22.1 Å². The van der Waals surface area contributed by atoms with Crippen molar-refractivity contribution in [2.24, 2.45) is 7.05 Å². The molecule has 0 radical (unpaired) electrons. The summed E-state index contributed by atoms with van der Waals surface area (Å²) in [5.41, 5.74) is 1.11. The SMILES string of the molecule is Cn1cc(C(C)(CNC(=O)c2nnc(-c3ccc(F)cc3F)s2)c2ccccn2)cn1. The van der Waals surface area contributed by atoms with Crippen molar-refractivity contribution in [3.05, 3.63) is 82.9 Å². The summed E-state index contributed by atoms with van der Waals surface area (Å²) in [5.74, 6) is -1.90. The number of carbonyl (C=O) groups is 1. The predicted molar refractivity (Wildman–Crippen MR) is 111 cm³/mol. The van der Waals surface area contributed by atoms with E-state index < -0.39 is 23.0 Å². The van der Waals surface area contributed by atoms with Gasteiger partial charge in [0.05, 0.1) is 17.3 Å². The number of halogens is 2. The Morgan fingerprint density at radius 1 is 1.23 bits per heavy atom. The smallest absolute Gasteiger partial charge is 0.282 e. The van der Waals surface area contributed by atoms with Crippen molar-refractivity contribution >= 4 is 17.2 Å². The maximum atomic E-state index is 14.0. The van der Waals surface area contributed by atoms with Crippen LogP contribution in [0, 0.1) is 11.6 Å². The van der Waals surface area contributed by atoms with Gasteiger partial charge >= 0.3 is 0 Å². The van der Waals surface area contributed by atoms with Crippen LogP contribution in [0.15, 0.2) is 55.0 Å². The monoisotopic (exact) mass is 440 g/mol. The lowest BCUT2D eigenvalue weighted by Crippen LogP contribution is -2.40. The van der Waals surface area contributed by atoms with Gasteiger partial charge in [0.2, 0.25) is 5.01 Å². The normalized spacial score (nSPS) is 13.0. The van der Waals surface area contributed by atoms with E-state index in [0.717, 1.165) is 34.7 Å². The first-order valence-electron chi connectivity index (χ1n) is 9.34. The fraction of sp³-hybridized carbons (Fsp3) is 0.190. The summed E-state index contributed by atoms with van der Waals surface area (Å²) in [6.45, 7) is 2.19. The molecule has 31 heavy (non-hydrogen) atoms. The second-order valence-electron chi connectivity index (χ2n) is 7.17. The Morgan fingerprint density at radius 3 is 2.74 bits per heavy atom. The van der Waals surface area contributed by atoms with Crippen LogP contribution in [-0.4, -0.2) is 37.4 Å². The molecule has 1 unspecified atom stereocenters. The number of nitrogens with one attached hydrogen (secondary N) is 1. The third-order valence-electron chi connectivity index (χ3n) is 4.96. The van der Waals surface area contributed by atoms with Gasteiger partial charge in [-0.3, -0.25) is 14.5 Å². The predicted octanol–water partition coefficient (Wildman–Crippen LogP) is 3.35. The molecule has 0 spiro atoms. The first kappa shape index (κ1) is 20.7. The third-order valence-corrected chi connectivity index (χ3v) is 5.91. The lowest BCUT2D eigenvalue weighted by atomic mass is 9.80. The number of aromatic nitrogens is 5. The van der Waals surface area contributed by atoms with Crippen molar-refractivity contribution in [1.29, 1.82) is 0 Å². The Morgan fingerprint density at radius 2 is 2.06 bits per heavy atom. The lowest BCUT2D eigenvalue weighted by Gasteiger charge is -2.28. The van der Waals surface area contributed by atoms with E-state index in [1.165, 1.54) is 6.07 Å². The Bertz CT molecular complexity index is 1230. The summed E-state index contributed by atoms with van der Waals surface area (Å²) in [6.07, 6.45) is 5.31. The molecule has 0 fully saturated rings. The first-order valence-corrected chi connectivity index (χ1v) is 10.2. The molecule has 0 saturated heterocycles. The minimum Gasteiger partial charge on any atom is -0.349 e. The highest BCUT2D eigenvalue weighted by molar-refractivity contribution is 7.16. The van der Waals surface area contributed by atoms with Crippen LogP contribution in [-0.2, 0) is 12.5 Å². The summed E-state index contributed by atoms with van der Waals surface area (Å²) in [6, 6.07) is 8.76. The highest BCUT2D eigenvalue weighted by atomic mass is 32.1. The van der Waals surface area contributed by atoms with Crippen molar-refractivity contribution < 1.29 is 13.6 Å². The maximum absolute atomic E-state index is 14.0.